The van der Waals surface area contributed by atoms with Crippen molar-refractivity contribution in [1.29, 1.82) is 0 Å². The first-order chi connectivity index (χ1) is 8.41. The summed E-state index contributed by atoms with van der Waals surface area (Å²) in [6, 6.07) is 0.167. The van der Waals surface area contributed by atoms with Crippen LogP contribution in [0.15, 0.2) is 0 Å². The summed E-state index contributed by atoms with van der Waals surface area (Å²) in [5.41, 5.74) is 0. The van der Waals surface area contributed by atoms with E-state index in [1.54, 1.807) is 11.9 Å². The molecule has 104 valence electrons. The van der Waals surface area contributed by atoms with Crippen molar-refractivity contribution in [1.82, 2.24) is 10.2 Å². The second-order valence-electron chi connectivity index (χ2n) is 5.39. The van der Waals surface area contributed by atoms with Crippen molar-refractivity contribution in [3.63, 3.8) is 0 Å². The molecule has 1 saturated carbocycles. The molecule has 2 N–H and O–H groups in total. The van der Waals surface area contributed by atoms with Crippen molar-refractivity contribution in [3.8, 4) is 0 Å². The molecule has 0 aromatic heterocycles. The predicted molar refractivity (Wildman–Crippen MR) is 69.4 cm³/mol. The molecular formula is C13H24N2O3. The third-order valence-electron chi connectivity index (χ3n) is 4.00. The van der Waals surface area contributed by atoms with E-state index in [1.807, 2.05) is 0 Å². The zero-order valence-electron chi connectivity index (χ0n) is 11.5. The van der Waals surface area contributed by atoms with E-state index in [2.05, 4.69) is 19.2 Å². The number of carbonyl (C=O) groups is 2. The Labute approximate surface area is 109 Å². The SMILES string of the molecule is CC1CCC(NC(=O)N(C)CCCC(=O)O)C1C. The van der Waals surface area contributed by atoms with Gasteiger partial charge in [-0.1, -0.05) is 13.8 Å². The van der Waals surface area contributed by atoms with Crippen LogP contribution in [-0.4, -0.2) is 41.6 Å². The maximum Gasteiger partial charge on any atom is 0.317 e. The average Bonchev–Trinajstić information content (AvgIpc) is 2.60. The van der Waals surface area contributed by atoms with Crippen molar-refractivity contribution in [2.24, 2.45) is 11.8 Å². The van der Waals surface area contributed by atoms with E-state index in [0.29, 0.717) is 24.8 Å². The number of nitrogens with zero attached hydrogens (tertiary/aromatic N) is 1. The lowest BCUT2D eigenvalue weighted by Crippen LogP contribution is -2.44. The quantitative estimate of drug-likeness (QED) is 0.789. The van der Waals surface area contributed by atoms with E-state index in [9.17, 15) is 9.59 Å². The molecule has 2 amide bonds. The molecule has 0 aliphatic heterocycles. The van der Waals surface area contributed by atoms with E-state index >= 15 is 0 Å². The van der Waals surface area contributed by atoms with Gasteiger partial charge in [-0.05, 0) is 31.1 Å². The lowest BCUT2D eigenvalue weighted by Gasteiger charge is -2.24. The van der Waals surface area contributed by atoms with Gasteiger partial charge >= 0.3 is 12.0 Å². The van der Waals surface area contributed by atoms with Crippen LogP contribution in [0.1, 0.15) is 39.5 Å². The van der Waals surface area contributed by atoms with Gasteiger partial charge in [-0.15, -0.1) is 0 Å². The Morgan fingerprint density at radius 3 is 2.50 bits per heavy atom. The molecule has 0 saturated heterocycles. The molecular weight excluding hydrogens is 232 g/mol. The highest BCUT2D eigenvalue weighted by molar-refractivity contribution is 5.74. The number of hydrogen-bond acceptors (Lipinski definition) is 2. The summed E-state index contributed by atoms with van der Waals surface area (Å²) in [6.45, 7) is 4.87. The highest BCUT2D eigenvalue weighted by Gasteiger charge is 2.31. The van der Waals surface area contributed by atoms with Gasteiger partial charge in [0.05, 0.1) is 0 Å². The van der Waals surface area contributed by atoms with Crippen LogP contribution in [-0.2, 0) is 4.79 Å². The predicted octanol–water partition coefficient (Wildman–Crippen LogP) is 1.93. The highest BCUT2D eigenvalue weighted by Crippen LogP contribution is 2.31. The van der Waals surface area contributed by atoms with E-state index < -0.39 is 5.97 Å². The van der Waals surface area contributed by atoms with Gasteiger partial charge in [0.1, 0.15) is 0 Å². The average molecular weight is 256 g/mol. The molecule has 0 radical (unpaired) electrons. The minimum absolute atomic E-state index is 0.0914. The van der Waals surface area contributed by atoms with Crippen LogP contribution in [0.5, 0.6) is 0 Å². The number of urea groups is 1. The third-order valence-corrected chi connectivity index (χ3v) is 4.00. The Balaban J connectivity index is 2.29. The monoisotopic (exact) mass is 256 g/mol. The number of hydrogen-bond donors (Lipinski definition) is 2. The fraction of sp³-hybridized carbons (Fsp3) is 0.846. The normalized spacial score (nSPS) is 26.9. The number of nitrogens with one attached hydrogen (secondary N) is 1. The standard InChI is InChI=1S/C13H24N2O3/c1-9-6-7-11(10(9)2)14-13(18)15(3)8-4-5-12(16)17/h9-11H,4-8H2,1-3H3,(H,14,18)(H,16,17). The first kappa shape index (κ1) is 14.8. The number of aliphatic carboxylic acids is 1. The number of carboxylic acids is 1. The molecule has 3 unspecified atom stereocenters. The fourth-order valence-electron chi connectivity index (χ4n) is 2.41. The largest absolute Gasteiger partial charge is 0.481 e. The van der Waals surface area contributed by atoms with Gasteiger partial charge in [-0.2, -0.15) is 0 Å². The van der Waals surface area contributed by atoms with Gasteiger partial charge in [-0.25, -0.2) is 4.79 Å². The van der Waals surface area contributed by atoms with Gasteiger partial charge in [0.15, 0.2) is 0 Å². The Bertz CT molecular complexity index is 307. The number of amides is 2. The fourth-order valence-corrected chi connectivity index (χ4v) is 2.41. The molecule has 1 rings (SSSR count). The topological polar surface area (TPSA) is 69.6 Å². The van der Waals surface area contributed by atoms with Crippen molar-refractivity contribution in [2.45, 2.75) is 45.6 Å². The second kappa shape index (κ2) is 6.61. The molecule has 3 atom stereocenters. The molecule has 5 heteroatoms. The van der Waals surface area contributed by atoms with Crippen LogP contribution in [0.4, 0.5) is 4.79 Å². The smallest absolute Gasteiger partial charge is 0.317 e. The minimum Gasteiger partial charge on any atom is -0.481 e. The Morgan fingerprint density at radius 2 is 2.00 bits per heavy atom. The molecule has 1 aliphatic rings. The van der Waals surface area contributed by atoms with Crippen molar-refractivity contribution >= 4 is 12.0 Å². The summed E-state index contributed by atoms with van der Waals surface area (Å²) in [7, 11) is 1.71. The summed E-state index contributed by atoms with van der Waals surface area (Å²) in [5, 5.41) is 11.6. The molecule has 5 nitrogen and oxygen atoms in total. The first-order valence-corrected chi connectivity index (χ1v) is 6.65. The van der Waals surface area contributed by atoms with Gasteiger partial charge in [0, 0.05) is 26.1 Å². The minimum atomic E-state index is -0.818. The zero-order valence-corrected chi connectivity index (χ0v) is 11.5. The van der Waals surface area contributed by atoms with Crippen LogP contribution in [0.2, 0.25) is 0 Å². The number of carboxylic acid groups (broad SMARTS) is 1. The molecule has 1 fully saturated rings. The van der Waals surface area contributed by atoms with Crippen molar-refractivity contribution in [2.75, 3.05) is 13.6 Å². The van der Waals surface area contributed by atoms with Crippen molar-refractivity contribution < 1.29 is 14.7 Å². The Hall–Kier alpha value is -1.26. The van der Waals surface area contributed by atoms with Crippen LogP contribution in [0.3, 0.4) is 0 Å². The van der Waals surface area contributed by atoms with E-state index in [-0.39, 0.29) is 18.5 Å². The number of rotatable bonds is 5. The Morgan fingerprint density at radius 1 is 1.33 bits per heavy atom. The maximum atomic E-state index is 11.9. The van der Waals surface area contributed by atoms with Crippen LogP contribution >= 0.6 is 0 Å². The first-order valence-electron chi connectivity index (χ1n) is 6.65. The Kier molecular flexibility index (Phi) is 5.44. The summed E-state index contributed by atoms with van der Waals surface area (Å²) >= 11 is 0. The molecule has 0 bridgehead atoms. The van der Waals surface area contributed by atoms with Crippen LogP contribution in [0.25, 0.3) is 0 Å². The lowest BCUT2D eigenvalue weighted by molar-refractivity contribution is -0.137. The molecule has 0 heterocycles. The van der Waals surface area contributed by atoms with E-state index in [4.69, 9.17) is 5.11 Å². The molecule has 0 spiro atoms. The second-order valence-corrected chi connectivity index (χ2v) is 5.39. The van der Waals surface area contributed by atoms with E-state index in [0.717, 1.165) is 12.8 Å². The van der Waals surface area contributed by atoms with E-state index in [1.165, 1.54) is 0 Å². The lowest BCUT2D eigenvalue weighted by atomic mass is 9.98. The summed E-state index contributed by atoms with van der Waals surface area (Å²) in [6.07, 6.45) is 2.80. The third kappa shape index (κ3) is 4.20. The van der Waals surface area contributed by atoms with Gasteiger partial charge in [0.25, 0.3) is 0 Å². The highest BCUT2D eigenvalue weighted by atomic mass is 16.4. The maximum absolute atomic E-state index is 11.9. The summed E-state index contributed by atoms with van der Waals surface area (Å²) in [4.78, 5) is 23.9. The summed E-state index contributed by atoms with van der Waals surface area (Å²) in [5.74, 6) is 0.357. The molecule has 0 aromatic rings. The number of carbonyl (C=O) groups excluding carboxylic acids is 1. The van der Waals surface area contributed by atoms with Crippen LogP contribution < -0.4 is 5.32 Å². The van der Waals surface area contributed by atoms with Gasteiger partial charge in [0.2, 0.25) is 0 Å². The summed E-state index contributed by atoms with van der Waals surface area (Å²) < 4.78 is 0. The molecule has 18 heavy (non-hydrogen) atoms. The molecule has 1 aliphatic carbocycles. The zero-order chi connectivity index (χ0) is 13.7. The van der Waals surface area contributed by atoms with Crippen molar-refractivity contribution in [3.05, 3.63) is 0 Å². The van der Waals surface area contributed by atoms with Gasteiger partial charge in [-0.3, -0.25) is 4.79 Å². The van der Waals surface area contributed by atoms with Crippen LogP contribution in [0, 0.1) is 11.8 Å². The molecule has 0 aromatic carbocycles. The van der Waals surface area contributed by atoms with Gasteiger partial charge < -0.3 is 15.3 Å².